The van der Waals surface area contributed by atoms with Crippen molar-refractivity contribution in [1.82, 2.24) is 4.90 Å². The molecule has 4 heteroatoms. The number of hydrogen-bond donors (Lipinski definition) is 0. The van der Waals surface area contributed by atoms with Crippen molar-refractivity contribution in [2.45, 2.75) is 25.9 Å². The van der Waals surface area contributed by atoms with Gasteiger partial charge in [-0.1, -0.05) is 30.3 Å². The Morgan fingerprint density at radius 2 is 2.16 bits per heavy atom. The Morgan fingerprint density at radius 1 is 1.37 bits per heavy atom. The van der Waals surface area contributed by atoms with E-state index in [2.05, 4.69) is 0 Å². The molecule has 1 aromatic rings. The molecule has 1 aromatic carbocycles. The molecule has 1 aliphatic rings. The lowest BCUT2D eigenvalue weighted by molar-refractivity contribution is 0.0787. The molecule has 104 valence electrons. The molecule has 0 radical (unpaired) electrons. The number of benzene rings is 1. The smallest absolute Gasteiger partial charge is 0.410 e. The maximum absolute atomic E-state index is 12.0. The van der Waals surface area contributed by atoms with Gasteiger partial charge in [0.25, 0.3) is 0 Å². The van der Waals surface area contributed by atoms with Crippen molar-refractivity contribution >= 4 is 17.7 Å². The van der Waals surface area contributed by atoms with Crippen LogP contribution < -0.4 is 0 Å². The van der Waals surface area contributed by atoms with Crippen LogP contribution in [0.2, 0.25) is 0 Å². The molecular weight excluding hydrogens is 262 g/mol. The summed E-state index contributed by atoms with van der Waals surface area (Å²) < 4.78 is 5.35. The summed E-state index contributed by atoms with van der Waals surface area (Å²) in [6.45, 7) is 1.92. The van der Waals surface area contributed by atoms with Crippen molar-refractivity contribution in [2.24, 2.45) is 5.92 Å². The van der Waals surface area contributed by atoms with E-state index in [0.717, 1.165) is 37.9 Å². The highest BCUT2D eigenvalue weighted by molar-refractivity contribution is 6.17. The van der Waals surface area contributed by atoms with Gasteiger partial charge in [-0.15, -0.1) is 11.6 Å². The zero-order valence-corrected chi connectivity index (χ0v) is 11.8. The van der Waals surface area contributed by atoms with Crippen LogP contribution in [0.1, 0.15) is 24.8 Å². The van der Waals surface area contributed by atoms with E-state index in [1.54, 1.807) is 0 Å². The van der Waals surface area contributed by atoms with Crippen molar-refractivity contribution in [3.63, 3.8) is 0 Å². The first kappa shape index (κ1) is 14.2. The average molecular weight is 282 g/mol. The molecule has 0 bridgehead atoms. The van der Waals surface area contributed by atoms with Crippen molar-refractivity contribution < 1.29 is 9.53 Å². The number of piperidine rings is 1. The van der Waals surface area contributed by atoms with Crippen LogP contribution >= 0.6 is 11.6 Å². The van der Waals surface area contributed by atoms with E-state index < -0.39 is 0 Å². The van der Waals surface area contributed by atoms with Gasteiger partial charge in [-0.3, -0.25) is 0 Å². The van der Waals surface area contributed by atoms with Gasteiger partial charge >= 0.3 is 6.09 Å². The fraction of sp³-hybridized carbons (Fsp3) is 0.533. The summed E-state index contributed by atoms with van der Waals surface area (Å²) in [5.74, 6) is 1.19. The van der Waals surface area contributed by atoms with E-state index in [-0.39, 0.29) is 6.09 Å². The molecule has 1 heterocycles. The molecule has 1 amide bonds. The average Bonchev–Trinajstić information content (AvgIpc) is 2.46. The summed E-state index contributed by atoms with van der Waals surface area (Å²) in [5, 5.41) is 0. The van der Waals surface area contributed by atoms with E-state index in [9.17, 15) is 4.79 Å². The lowest BCUT2D eigenvalue weighted by Gasteiger charge is -2.31. The second kappa shape index (κ2) is 7.39. The molecule has 1 aliphatic heterocycles. The minimum Gasteiger partial charge on any atom is -0.445 e. The van der Waals surface area contributed by atoms with Crippen LogP contribution in [-0.2, 0) is 11.3 Å². The van der Waals surface area contributed by atoms with E-state index in [4.69, 9.17) is 16.3 Å². The Morgan fingerprint density at radius 3 is 2.89 bits per heavy atom. The van der Waals surface area contributed by atoms with E-state index in [1.807, 2.05) is 35.2 Å². The number of nitrogens with zero attached hydrogens (tertiary/aromatic N) is 1. The van der Waals surface area contributed by atoms with Gasteiger partial charge in [0, 0.05) is 19.0 Å². The SMILES string of the molecule is O=C(OCc1ccccc1)N1CCC[C@@H](CCCl)C1. The monoisotopic (exact) mass is 281 g/mol. The van der Waals surface area contributed by atoms with Crippen molar-refractivity contribution in [1.29, 1.82) is 0 Å². The fourth-order valence-corrected chi connectivity index (χ4v) is 2.74. The van der Waals surface area contributed by atoms with Gasteiger partial charge < -0.3 is 9.64 Å². The molecule has 1 atom stereocenters. The number of amides is 1. The first-order valence-electron chi connectivity index (χ1n) is 6.81. The molecule has 0 aromatic heterocycles. The predicted octanol–water partition coefficient (Wildman–Crippen LogP) is 3.66. The third-order valence-electron chi connectivity index (χ3n) is 3.50. The number of halogens is 1. The highest BCUT2D eigenvalue weighted by Crippen LogP contribution is 2.20. The lowest BCUT2D eigenvalue weighted by atomic mass is 9.96. The highest BCUT2D eigenvalue weighted by Gasteiger charge is 2.24. The van der Waals surface area contributed by atoms with Gasteiger partial charge in [-0.25, -0.2) is 4.79 Å². The maximum atomic E-state index is 12.0. The van der Waals surface area contributed by atoms with Crippen LogP contribution in [0, 0.1) is 5.92 Å². The molecule has 0 aliphatic carbocycles. The Labute approximate surface area is 119 Å². The van der Waals surface area contributed by atoms with Gasteiger partial charge in [-0.05, 0) is 30.7 Å². The zero-order chi connectivity index (χ0) is 13.5. The number of alkyl halides is 1. The second-order valence-corrected chi connectivity index (χ2v) is 5.35. The van der Waals surface area contributed by atoms with Gasteiger partial charge in [0.05, 0.1) is 0 Å². The molecule has 2 rings (SSSR count). The number of hydrogen-bond acceptors (Lipinski definition) is 2. The van der Waals surface area contributed by atoms with Crippen LogP contribution in [0.4, 0.5) is 4.79 Å². The largest absolute Gasteiger partial charge is 0.445 e. The fourth-order valence-electron chi connectivity index (χ4n) is 2.43. The van der Waals surface area contributed by atoms with Crippen LogP contribution in [0.25, 0.3) is 0 Å². The Hall–Kier alpha value is -1.22. The summed E-state index contributed by atoms with van der Waals surface area (Å²) in [6.07, 6.45) is 2.98. The third kappa shape index (κ3) is 4.43. The molecule has 0 unspecified atom stereocenters. The van der Waals surface area contributed by atoms with Crippen molar-refractivity contribution in [2.75, 3.05) is 19.0 Å². The third-order valence-corrected chi connectivity index (χ3v) is 3.72. The second-order valence-electron chi connectivity index (χ2n) is 4.97. The zero-order valence-electron chi connectivity index (χ0n) is 11.1. The van der Waals surface area contributed by atoms with Crippen molar-refractivity contribution in [3.05, 3.63) is 35.9 Å². The first-order valence-corrected chi connectivity index (χ1v) is 7.34. The van der Waals surface area contributed by atoms with Crippen LogP contribution in [0.5, 0.6) is 0 Å². The summed E-state index contributed by atoms with van der Waals surface area (Å²) in [7, 11) is 0. The standard InChI is InChI=1S/C15H20ClNO2/c16-9-8-13-7-4-10-17(11-13)15(18)19-12-14-5-2-1-3-6-14/h1-3,5-6,13H,4,7-12H2/t13-/m0/s1. The molecule has 0 saturated carbocycles. The van der Waals surface area contributed by atoms with E-state index >= 15 is 0 Å². The molecule has 3 nitrogen and oxygen atoms in total. The lowest BCUT2D eigenvalue weighted by Crippen LogP contribution is -2.40. The topological polar surface area (TPSA) is 29.5 Å². The summed E-state index contributed by atoms with van der Waals surface area (Å²) >= 11 is 5.77. The van der Waals surface area contributed by atoms with Crippen LogP contribution in [0.3, 0.4) is 0 Å². The maximum Gasteiger partial charge on any atom is 0.410 e. The summed E-state index contributed by atoms with van der Waals surface area (Å²) in [4.78, 5) is 13.8. The molecule has 0 N–H and O–H groups in total. The molecule has 1 saturated heterocycles. The van der Waals surface area contributed by atoms with Gasteiger partial charge in [-0.2, -0.15) is 0 Å². The number of likely N-dealkylation sites (tertiary alicyclic amines) is 1. The minimum atomic E-state index is -0.205. The first-order chi connectivity index (χ1) is 9.29. The van der Waals surface area contributed by atoms with Crippen LogP contribution in [0.15, 0.2) is 30.3 Å². The molecular formula is C15H20ClNO2. The quantitative estimate of drug-likeness (QED) is 0.788. The van der Waals surface area contributed by atoms with E-state index in [1.165, 1.54) is 0 Å². The van der Waals surface area contributed by atoms with E-state index in [0.29, 0.717) is 18.4 Å². The van der Waals surface area contributed by atoms with Crippen molar-refractivity contribution in [3.8, 4) is 0 Å². The molecule has 1 fully saturated rings. The van der Waals surface area contributed by atoms with Crippen LogP contribution in [-0.4, -0.2) is 30.0 Å². The molecule has 19 heavy (non-hydrogen) atoms. The normalized spacial score (nSPS) is 19.2. The summed E-state index contributed by atoms with van der Waals surface area (Å²) in [5.41, 5.74) is 1.02. The number of rotatable bonds is 4. The Kier molecular flexibility index (Phi) is 5.52. The van der Waals surface area contributed by atoms with Gasteiger partial charge in [0.1, 0.15) is 6.61 Å². The number of ether oxygens (including phenoxy) is 1. The van der Waals surface area contributed by atoms with Gasteiger partial charge in [0.15, 0.2) is 0 Å². The van der Waals surface area contributed by atoms with Gasteiger partial charge in [0.2, 0.25) is 0 Å². The Bertz CT molecular complexity index is 394. The number of carbonyl (C=O) groups is 1. The summed E-state index contributed by atoms with van der Waals surface area (Å²) in [6, 6.07) is 9.76. The predicted molar refractivity (Wildman–Crippen MR) is 76.3 cm³/mol. The highest BCUT2D eigenvalue weighted by atomic mass is 35.5. The molecule has 0 spiro atoms. The minimum absolute atomic E-state index is 0.205. The Balaban J connectivity index is 1.79. The number of carbonyl (C=O) groups excluding carboxylic acids is 1.